The smallest absolute Gasteiger partial charge is 0.0869 e. The average Bonchev–Trinajstić information content (AvgIpc) is 2.72. The molecule has 1 rings (SSSR count). The van der Waals surface area contributed by atoms with E-state index in [1.807, 2.05) is 43.0 Å². The van der Waals surface area contributed by atoms with Gasteiger partial charge in [0.15, 0.2) is 0 Å². The van der Waals surface area contributed by atoms with Crippen molar-refractivity contribution >= 4 is 0 Å². The minimum Gasteiger partial charge on any atom is -0.388 e. The molecule has 0 fully saturated rings. The van der Waals surface area contributed by atoms with Crippen LogP contribution in [0.15, 0.2) is 12.4 Å². The molecule has 0 aliphatic carbocycles. The molecule has 0 aliphatic rings. The summed E-state index contributed by atoms with van der Waals surface area (Å²) >= 11 is 0. The molecular weight excluding hydrogens is 228 g/mol. The topological polar surface area (TPSA) is 53.3 Å². The number of aromatic nitrogens is 2. The van der Waals surface area contributed by atoms with E-state index in [0.717, 1.165) is 12.1 Å². The Morgan fingerprint density at radius 2 is 2.22 bits per heavy atom. The third kappa shape index (κ3) is 4.76. The van der Waals surface area contributed by atoms with E-state index < -0.39 is 5.60 Å². The van der Waals surface area contributed by atoms with Gasteiger partial charge in [-0.1, -0.05) is 0 Å². The van der Waals surface area contributed by atoms with Crippen molar-refractivity contribution in [3.8, 4) is 0 Å². The summed E-state index contributed by atoms with van der Waals surface area (Å²) in [6.45, 7) is 8.08. The molecule has 1 heterocycles. The first-order chi connectivity index (χ1) is 8.34. The van der Waals surface area contributed by atoms with E-state index in [9.17, 15) is 5.11 Å². The summed E-state index contributed by atoms with van der Waals surface area (Å²) in [6.07, 6.45) is 3.92. The van der Waals surface area contributed by atoms with E-state index in [4.69, 9.17) is 0 Å². The standard InChI is InChI=1S/C13H26N4O/c1-6-17-8-12(7-15-17)11(2)14-9-13(3,18)10-16(4)5/h7-8,11,14,18H,6,9-10H2,1-5H3. The van der Waals surface area contributed by atoms with Crippen LogP contribution in [-0.2, 0) is 6.54 Å². The maximum atomic E-state index is 10.2. The van der Waals surface area contributed by atoms with Crippen molar-refractivity contribution in [1.82, 2.24) is 20.0 Å². The highest BCUT2D eigenvalue weighted by molar-refractivity contribution is 5.09. The molecule has 0 aromatic carbocycles. The van der Waals surface area contributed by atoms with Crippen molar-refractivity contribution in [2.24, 2.45) is 0 Å². The fraction of sp³-hybridized carbons (Fsp3) is 0.769. The summed E-state index contributed by atoms with van der Waals surface area (Å²) in [6, 6.07) is 0.193. The Bertz CT molecular complexity index is 360. The van der Waals surface area contributed by atoms with Crippen LogP contribution >= 0.6 is 0 Å². The second-order valence-corrected chi connectivity index (χ2v) is 5.47. The highest BCUT2D eigenvalue weighted by Gasteiger charge is 2.22. The zero-order valence-corrected chi connectivity index (χ0v) is 12.1. The first kappa shape index (κ1) is 15.1. The lowest BCUT2D eigenvalue weighted by atomic mass is 10.1. The van der Waals surface area contributed by atoms with Crippen LogP contribution in [0.3, 0.4) is 0 Å². The molecule has 2 unspecified atom stereocenters. The molecule has 0 radical (unpaired) electrons. The number of hydrogen-bond donors (Lipinski definition) is 2. The van der Waals surface area contributed by atoms with Crippen LogP contribution in [0.25, 0.3) is 0 Å². The third-order valence-corrected chi connectivity index (χ3v) is 2.92. The normalized spacial score (nSPS) is 16.8. The highest BCUT2D eigenvalue weighted by atomic mass is 16.3. The van der Waals surface area contributed by atoms with Crippen molar-refractivity contribution in [3.05, 3.63) is 18.0 Å². The Morgan fingerprint density at radius 3 is 2.72 bits per heavy atom. The lowest BCUT2D eigenvalue weighted by Gasteiger charge is -2.28. The van der Waals surface area contributed by atoms with Gasteiger partial charge in [-0.25, -0.2) is 0 Å². The van der Waals surface area contributed by atoms with E-state index in [1.165, 1.54) is 0 Å². The van der Waals surface area contributed by atoms with Crippen LogP contribution in [0.5, 0.6) is 0 Å². The lowest BCUT2D eigenvalue weighted by molar-refractivity contribution is 0.0317. The molecule has 0 spiro atoms. The molecule has 0 amide bonds. The van der Waals surface area contributed by atoms with E-state index >= 15 is 0 Å². The van der Waals surface area contributed by atoms with Gasteiger partial charge < -0.3 is 15.3 Å². The predicted octanol–water partition coefficient (Wildman–Crippen LogP) is 0.866. The van der Waals surface area contributed by atoms with Crippen LogP contribution in [0.4, 0.5) is 0 Å². The van der Waals surface area contributed by atoms with Crippen molar-refractivity contribution in [1.29, 1.82) is 0 Å². The molecule has 18 heavy (non-hydrogen) atoms. The summed E-state index contributed by atoms with van der Waals surface area (Å²) in [7, 11) is 3.92. The molecule has 2 atom stereocenters. The quantitative estimate of drug-likeness (QED) is 0.758. The number of aryl methyl sites for hydroxylation is 1. The minimum atomic E-state index is -0.724. The van der Waals surface area contributed by atoms with Crippen LogP contribution < -0.4 is 5.32 Å². The van der Waals surface area contributed by atoms with Crippen LogP contribution in [0.2, 0.25) is 0 Å². The fourth-order valence-electron chi connectivity index (χ4n) is 2.00. The molecule has 5 heteroatoms. The molecule has 1 aromatic heterocycles. The van der Waals surface area contributed by atoms with Crippen LogP contribution in [-0.4, -0.2) is 52.6 Å². The van der Waals surface area contributed by atoms with E-state index in [1.54, 1.807) is 0 Å². The van der Waals surface area contributed by atoms with Gasteiger partial charge in [-0.15, -0.1) is 0 Å². The van der Waals surface area contributed by atoms with Gasteiger partial charge in [0, 0.05) is 37.4 Å². The van der Waals surface area contributed by atoms with E-state index in [-0.39, 0.29) is 6.04 Å². The summed E-state index contributed by atoms with van der Waals surface area (Å²) < 4.78 is 1.91. The number of nitrogens with one attached hydrogen (secondary N) is 1. The van der Waals surface area contributed by atoms with Gasteiger partial charge in [-0.2, -0.15) is 5.10 Å². The second kappa shape index (κ2) is 6.31. The zero-order valence-electron chi connectivity index (χ0n) is 12.1. The molecule has 0 saturated carbocycles. The predicted molar refractivity (Wildman–Crippen MR) is 73.5 cm³/mol. The van der Waals surface area contributed by atoms with Gasteiger partial charge in [-0.3, -0.25) is 4.68 Å². The first-order valence-electron chi connectivity index (χ1n) is 6.47. The maximum absolute atomic E-state index is 10.2. The second-order valence-electron chi connectivity index (χ2n) is 5.47. The largest absolute Gasteiger partial charge is 0.388 e. The molecule has 0 aliphatic heterocycles. The van der Waals surface area contributed by atoms with Crippen molar-refractivity contribution in [2.45, 2.75) is 39.0 Å². The van der Waals surface area contributed by atoms with Crippen LogP contribution in [0.1, 0.15) is 32.4 Å². The van der Waals surface area contributed by atoms with Gasteiger partial charge in [-0.05, 0) is 34.9 Å². The summed E-state index contributed by atoms with van der Waals surface area (Å²) in [5.41, 5.74) is 0.427. The molecule has 104 valence electrons. The van der Waals surface area contributed by atoms with Crippen molar-refractivity contribution in [3.63, 3.8) is 0 Å². The monoisotopic (exact) mass is 254 g/mol. The molecule has 5 nitrogen and oxygen atoms in total. The number of aliphatic hydroxyl groups is 1. The summed E-state index contributed by atoms with van der Waals surface area (Å²) in [5, 5.41) is 17.8. The first-order valence-corrected chi connectivity index (χ1v) is 6.47. The van der Waals surface area contributed by atoms with Crippen LogP contribution in [0, 0.1) is 0 Å². The number of likely N-dealkylation sites (N-methyl/N-ethyl adjacent to an activating group) is 1. The maximum Gasteiger partial charge on any atom is 0.0869 e. The van der Waals surface area contributed by atoms with Gasteiger partial charge in [0.25, 0.3) is 0 Å². The minimum absolute atomic E-state index is 0.193. The van der Waals surface area contributed by atoms with Crippen molar-refractivity contribution in [2.75, 3.05) is 27.2 Å². The average molecular weight is 254 g/mol. The number of hydrogen-bond acceptors (Lipinski definition) is 4. The Balaban J connectivity index is 2.47. The van der Waals surface area contributed by atoms with Gasteiger partial charge in [0.1, 0.15) is 0 Å². The Hall–Kier alpha value is -0.910. The Kier molecular flexibility index (Phi) is 5.31. The van der Waals surface area contributed by atoms with E-state index in [0.29, 0.717) is 13.1 Å². The van der Waals surface area contributed by atoms with E-state index in [2.05, 4.69) is 24.3 Å². The lowest BCUT2D eigenvalue weighted by Crippen LogP contribution is -2.46. The SMILES string of the molecule is CCn1cc(C(C)NCC(C)(O)CN(C)C)cn1. The molecule has 1 aromatic rings. The fourth-order valence-corrected chi connectivity index (χ4v) is 2.00. The van der Waals surface area contributed by atoms with Crippen molar-refractivity contribution < 1.29 is 5.11 Å². The molecule has 2 N–H and O–H groups in total. The number of rotatable bonds is 7. The van der Waals surface area contributed by atoms with Gasteiger partial charge in [0.05, 0.1) is 11.8 Å². The summed E-state index contributed by atoms with van der Waals surface area (Å²) in [5.74, 6) is 0. The third-order valence-electron chi connectivity index (χ3n) is 2.92. The van der Waals surface area contributed by atoms with Gasteiger partial charge in [0.2, 0.25) is 0 Å². The highest BCUT2D eigenvalue weighted by Crippen LogP contribution is 2.12. The summed E-state index contributed by atoms with van der Waals surface area (Å²) in [4.78, 5) is 1.99. The zero-order chi connectivity index (χ0) is 13.8. The Morgan fingerprint density at radius 1 is 1.56 bits per heavy atom. The number of nitrogens with zero attached hydrogens (tertiary/aromatic N) is 3. The molecule has 0 bridgehead atoms. The Labute approximate surface area is 110 Å². The molecule has 0 saturated heterocycles. The van der Waals surface area contributed by atoms with Gasteiger partial charge >= 0.3 is 0 Å². The molecular formula is C13H26N4O.